The summed E-state index contributed by atoms with van der Waals surface area (Å²) in [6.07, 6.45) is 1.09. The normalized spacial score (nSPS) is 14.2. The zero-order valence-electron chi connectivity index (χ0n) is 23.5. The summed E-state index contributed by atoms with van der Waals surface area (Å²) in [4.78, 5) is 33.4. The highest BCUT2D eigenvalue weighted by Crippen LogP contribution is 2.34. The van der Waals surface area contributed by atoms with Crippen LogP contribution >= 0.6 is 11.8 Å². The summed E-state index contributed by atoms with van der Waals surface area (Å²) in [6, 6.07) is 22.6. The van der Waals surface area contributed by atoms with Crippen LogP contribution in [0.15, 0.2) is 93.5 Å². The number of anilines is 1. The molecule has 1 heterocycles. The molecular weight excluding hydrogens is 558 g/mol. The van der Waals surface area contributed by atoms with Crippen molar-refractivity contribution >= 4 is 39.3 Å². The molecule has 41 heavy (non-hydrogen) atoms. The molecule has 0 aromatic heterocycles. The van der Waals surface area contributed by atoms with Crippen molar-refractivity contribution in [2.75, 3.05) is 64.6 Å². The minimum absolute atomic E-state index is 0.0353. The van der Waals surface area contributed by atoms with Crippen molar-refractivity contribution in [3.63, 3.8) is 0 Å². The first-order valence-corrected chi connectivity index (χ1v) is 15.9. The summed E-state index contributed by atoms with van der Waals surface area (Å²) in [5.41, 5.74) is 0.749. The predicted octanol–water partition coefficient (Wildman–Crippen LogP) is 3.46. The lowest BCUT2D eigenvalue weighted by molar-refractivity contribution is -0.131. The number of rotatable bonds is 12. The minimum Gasteiger partial charge on any atom is -0.343 e. The van der Waals surface area contributed by atoms with Crippen LogP contribution in [-0.4, -0.2) is 94.8 Å². The number of piperazine rings is 1. The molecule has 0 atom stereocenters. The van der Waals surface area contributed by atoms with Crippen molar-refractivity contribution in [2.45, 2.75) is 21.1 Å². The first kappa shape index (κ1) is 30.6. The van der Waals surface area contributed by atoms with Crippen molar-refractivity contribution in [3.8, 4) is 0 Å². The second kappa shape index (κ2) is 14.5. The molecule has 3 aromatic carbocycles. The Hall–Kier alpha value is -3.38. The Balaban J connectivity index is 1.28. The van der Waals surface area contributed by atoms with E-state index in [2.05, 4.69) is 33.9 Å². The van der Waals surface area contributed by atoms with E-state index in [9.17, 15) is 18.0 Å². The van der Waals surface area contributed by atoms with Crippen LogP contribution in [-0.2, 0) is 14.8 Å². The van der Waals surface area contributed by atoms with E-state index in [1.807, 2.05) is 42.5 Å². The largest absolute Gasteiger partial charge is 0.343 e. The first-order chi connectivity index (χ1) is 19.7. The van der Waals surface area contributed by atoms with E-state index in [4.69, 9.17) is 0 Å². The van der Waals surface area contributed by atoms with Gasteiger partial charge in [-0.1, -0.05) is 42.1 Å². The number of carbonyl (C=O) groups is 2. The molecule has 4 rings (SSSR count). The van der Waals surface area contributed by atoms with Gasteiger partial charge in [-0.3, -0.25) is 19.2 Å². The Labute approximate surface area is 247 Å². The van der Waals surface area contributed by atoms with Crippen molar-refractivity contribution in [2.24, 2.45) is 0 Å². The van der Waals surface area contributed by atoms with Gasteiger partial charge < -0.3 is 15.1 Å². The van der Waals surface area contributed by atoms with E-state index < -0.39 is 15.9 Å². The molecule has 0 spiro atoms. The Bertz CT molecular complexity index is 1410. The van der Waals surface area contributed by atoms with E-state index in [-0.39, 0.29) is 22.9 Å². The second-order valence-corrected chi connectivity index (χ2v) is 12.9. The lowest BCUT2D eigenvalue weighted by atomic mass is 10.2. The number of carbonyl (C=O) groups excluding carboxylic acids is 2. The van der Waals surface area contributed by atoms with Crippen LogP contribution < -0.4 is 10.0 Å². The fourth-order valence-electron chi connectivity index (χ4n) is 4.45. The molecule has 0 bridgehead atoms. The molecule has 2 N–H and O–H groups in total. The van der Waals surface area contributed by atoms with Gasteiger partial charge in [0.2, 0.25) is 5.91 Å². The van der Waals surface area contributed by atoms with Gasteiger partial charge in [0.05, 0.1) is 17.1 Å². The quantitative estimate of drug-likeness (QED) is 0.331. The van der Waals surface area contributed by atoms with Crippen LogP contribution in [0.2, 0.25) is 0 Å². The van der Waals surface area contributed by atoms with Crippen LogP contribution in [0, 0.1) is 0 Å². The average Bonchev–Trinajstić information content (AvgIpc) is 2.97. The third-order valence-electron chi connectivity index (χ3n) is 6.73. The summed E-state index contributed by atoms with van der Waals surface area (Å²) in [5, 5.41) is 2.67. The standard InChI is InChI=1S/C30H37N5O4S2/c1-33(2)17-8-18-34-19-21-35(22-20-34)29(36)23-31-30(37)24-13-15-26(16-14-24)41(38,39)32-27-11-6-7-12-28(27)40-25-9-4-3-5-10-25/h3-7,9-16,32H,8,17-23H2,1-2H3,(H,31,37). The number of para-hydroxylation sites is 1. The van der Waals surface area contributed by atoms with Gasteiger partial charge in [-0.25, -0.2) is 8.42 Å². The smallest absolute Gasteiger partial charge is 0.261 e. The first-order valence-electron chi connectivity index (χ1n) is 13.6. The topological polar surface area (TPSA) is 102 Å². The Kier molecular flexibility index (Phi) is 10.8. The summed E-state index contributed by atoms with van der Waals surface area (Å²) in [7, 11) is 0.235. The van der Waals surface area contributed by atoms with Crippen molar-refractivity contribution in [1.82, 2.24) is 20.0 Å². The molecule has 11 heteroatoms. The van der Waals surface area contributed by atoms with E-state index in [1.165, 1.54) is 36.0 Å². The van der Waals surface area contributed by atoms with Crippen molar-refractivity contribution in [3.05, 3.63) is 84.4 Å². The molecule has 1 aliphatic heterocycles. The molecule has 0 unspecified atom stereocenters. The molecule has 9 nitrogen and oxygen atoms in total. The molecule has 3 aromatic rings. The number of nitrogens with zero attached hydrogens (tertiary/aromatic N) is 3. The van der Waals surface area contributed by atoms with Gasteiger partial charge in [0, 0.05) is 41.5 Å². The van der Waals surface area contributed by atoms with Gasteiger partial charge in [-0.2, -0.15) is 0 Å². The number of hydrogen-bond donors (Lipinski definition) is 2. The third-order valence-corrected chi connectivity index (χ3v) is 9.20. The molecule has 1 aliphatic rings. The number of benzene rings is 3. The average molecular weight is 596 g/mol. The van der Waals surface area contributed by atoms with Crippen molar-refractivity contribution < 1.29 is 18.0 Å². The van der Waals surface area contributed by atoms with Crippen molar-refractivity contribution in [1.29, 1.82) is 0 Å². The molecule has 0 aliphatic carbocycles. The van der Waals surface area contributed by atoms with Crippen LogP contribution in [0.25, 0.3) is 0 Å². The molecule has 2 amide bonds. The zero-order valence-corrected chi connectivity index (χ0v) is 25.1. The van der Waals surface area contributed by atoms with Gasteiger partial charge in [-0.05, 0) is 82.1 Å². The SMILES string of the molecule is CN(C)CCCN1CCN(C(=O)CNC(=O)c2ccc(S(=O)(=O)Nc3ccccc3Sc3ccccc3)cc2)CC1. The Morgan fingerprint density at radius 2 is 1.54 bits per heavy atom. The molecule has 0 radical (unpaired) electrons. The summed E-state index contributed by atoms with van der Waals surface area (Å²) in [5.74, 6) is -0.552. The van der Waals surface area contributed by atoms with Crippen LogP contribution in [0.3, 0.4) is 0 Å². The highest BCUT2D eigenvalue weighted by atomic mass is 32.2. The lowest BCUT2D eigenvalue weighted by Gasteiger charge is -2.35. The Morgan fingerprint density at radius 1 is 0.878 bits per heavy atom. The van der Waals surface area contributed by atoms with Gasteiger partial charge in [-0.15, -0.1) is 0 Å². The maximum Gasteiger partial charge on any atom is 0.261 e. The van der Waals surface area contributed by atoms with Gasteiger partial charge >= 0.3 is 0 Å². The van der Waals surface area contributed by atoms with E-state index in [0.29, 0.717) is 18.8 Å². The number of nitrogens with one attached hydrogen (secondary N) is 2. The van der Waals surface area contributed by atoms with E-state index in [1.54, 1.807) is 17.0 Å². The monoisotopic (exact) mass is 595 g/mol. The summed E-state index contributed by atoms with van der Waals surface area (Å²) >= 11 is 1.46. The number of amides is 2. The molecule has 0 saturated carbocycles. The van der Waals surface area contributed by atoms with Gasteiger partial charge in [0.1, 0.15) is 0 Å². The van der Waals surface area contributed by atoms with Crippen LogP contribution in [0.5, 0.6) is 0 Å². The maximum atomic E-state index is 13.1. The number of sulfonamides is 1. The summed E-state index contributed by atoms with van der Waals surface area (Å²) in [6.45, 7) is 4.89. The maximum absolute atomic E-state index is 13.1. The molecule has 1 fully saturated rings. The number of hydrogen-bond acceptors (Lipinski definition) is 7. The Morgan fingerprint density at radius 3 is 2.22 bits per heavy atom. The predicted molar refractivity (Wildman–Crippen MR) is 163 cm³/mol. The van der Waals surface area contributed by atoms with Crippen LogP contribution in [0.1, 0.15) is 16.8 Å². The fraction of sp³-hybridized carbons (Fsp3) is 0.333. The highest BCUT2D eigenvalue weighted by Gasteiger charge is 2.22. The zero-order chi connectivity index (χ0) is 29.2. The van der Waals surface area contributed by atoms with Gasteiger partial charge in [0.25, 0.3) is 15.9 Å². The molecular formula is C30H37N5O4S2. The van der Waals surface area contributed by atoms with Gasteiger partial charge in [0.15, 0.2) is 0 Å². The summed E-state index contributed by atoms with van der Waals surface area (Å²) < 4.78 is 28.9. The lowest BCUT2D eigenvalue weighted by Crippen LogP contribution is -2.51. The van der Waals surface area contributed by atoms with Crippen LogP contribution in [0.4, 0.5) is 5.69 Å². The molecule has 218 valence electrons. The minimum atomic E-state index is -3.89. The third kappa shape index (κ3) is 9.06. The fourth-order valence-corrected chi connectivity index (χ4v) is 6.51. The van der Waals surface area contributed by atoms with E-state index >= 15 is 0 Å². The highest BCUT2D eigenvalue weighted by molar-refractivity contribution is 7.99. The second-order valence-electron chi connectivity index (χ2n) is 10.1. The van der Waals surface area contributed by atoms with E-state index in [0.717, 1.165) is 42.4 Å². The molecule has 1 saturated heterocycles.